The Morgan fingerprint density at radius 2 is 2.00 bits per heavy atom. The average Bonchev–Trinajstić information content (AvgIpc) is 2.38. The molecule has 0 aliphatic carbocycles. The Hall–Kier alpha value is -2.55. The fourth-order valence-electron chi connectivity index (χ4n) is 1.31. The van der Waals surface area contributed by atoms with Gasteiger partial charge in [0.2, 0.25) is 0 Å². The number of anilines is 1. The third-order valence-corrected chi connectivity index (χ3v) is 2.49. The number of carbonyl (C=O) groups is 2. The molecule has 19 heavy (non-hydrogen) atoms. The van der Waals surface area contributed by atoms with Crippen molar-refractivity contribution in [3.63, 3.8) is 0 Å². The first-order valence-corrected chi connectivity index (χ1v) is 5.76. The van der Waals surface area contributed by atoms with Crippen molar-refractivity contribution in [2.45, 2.75) is 13.3 Å². The number of benzene rings is 1. The molecule has 0 radical (unpaired) electrons. The fraction of sp³-hybridized carbons (Fsp3) is 0.308. The summed E-state index contributed by atoms with van der Waals surface area (Å²) in [5.74, 6) is -1.59. The number of rotatable bonds is 5. The van der Waals surface area contributed by atoms with E-state index in [9.17, 15) is 9.59 Å². The summed E-state index contributed by atoms with van der Waals surface area (Å²) in [4.78, 5) is 22.1. The van der Waals surface area contributed by atoms with Crippen LogP contribution in [0.4, 0.5) is 10.5 Å². The molecule has 0 aliphatic rings. The molecule has 0 saturated carbocycles. The van der Waals surface area contributed by atoms with Crippen LogP contribution in [0.3, 0.4) is 0 Å². The van der Waals surface area contributed by atoms with Gasteiger partial charge in [0.05, 0.1) is 18.4 Å². The summed E-state index contributed by atoms with van der Waals surface area (Å²) in [6.45, 7) is 1.58. The molecular formula is C13H15N3O3. The van der Waals surface area contributed by atoms with Gasteiger partial charge in [0, 0.05) is 12.2 Å². The van der Waals surface area contributed by atoms with Crippen molar-refractivity contribution in [3.05, 3.63) is 29.8 Å². The fourth-order valence-corrected chi connectivity index (χ4v) is 1.31. The Morgan fingerprint density at radius 3 is 2.53 bits per heavy atom. The largest absolute Gasteiger partial charge is 0.481 e. The molecule has 1 aromatic carbocycles. The molecule has 1 unspecified atom stereocenters. The number of aliphatic carboxylic acids is 1. The van der Waals surface area contributed by atoms with Crippen LogP contribution in [0.2, 0.25) is 0 Å². The molecule has 2 amide bonds. The van der Waals surface area contributed by atoms with Crippen molar-refractivity contribution in [2.24, 2.45) is 5.92 Å². The zero-order valence-corrected chi connectivity index (χ0v) is 10.5. The third-order valence-electron chi connectivity index (χ3n) is 2.49. The van der Waals surface area contributed by atoms with Crippen molar-refractivity contribution >= 4 is 17.7 Å². The number of hydrogen-bond donors (Lipinski definition) is 3. The van der Waals surface area contributed by atoms with E-state index in [0.29, 0.717) is 12.1 Å². The molecule has 0 aliphatic heterocycles. The molecular weight excluding hydrogens is 246 g/mol. The van der Waals surface area contributed by atoms with Gasteiger partial charge in [0.1, 0.15) is 0 Å². The smallest absolute Gasteiger partial charge is 0.319 e. The van der Waals surface area contributed by atoms with Crippen molar-refractivity contribution in [3.8, 4) is 6.07 Å². The molecule has 0 spiro atoms. The zero-order chi connectivity index (χ0) is 14.3. The quantitative estimate of drug-likeness (QED) is 0.749. The van der Waals surface area contributed by atoms with E-state index in [-0.39, 0.29) is 6.54 Å². The average molecular weight is 261 g/mol. The van der Waals surface area contributed by atoms with Crippen LogP contribution in [0, 0.1) is 17.2 Å². The van der Waals surface area contributed by atoms with Crippen LogP contribution in [0.15, 0.2) is 24.3 Å². The number of nitriles is 1. The molecule has 0 bridgehead atoms. The highest BCUT2D eigenvalue weighted by Crippen LogP contribution is 2.09. The molecule has 1 aromatic rings. The zero-order valence-electron chi connectivity index (χ0n) is 10.5. The molecule has 0 saturated heterocycles. The maximum atomic E-state index is 11.5. The highest BCUT2D eigenvalue weighted by atomic mass is 16.4. The van der Waals surface area contributed by atoms with Gasteiger partial charge in [-0.05, 0) is 17.7 Å². The van der Waals surface area contributed by atoms with Crippen molar-refractivity contribution in [2.75, 3.05) is 11.9 Å². The predicted molar refractivity (Wildman–Crippen MR) is 69.6 cm³/mol. The Bertz CT molecular complexity index is 491. The Kier molecular flexibility index (Phi) is 5.35. The molecule has 6 nitrogen and oxygen atoms in total. The lowest BCUT2D eigenvalue weighted by Gasteiger charge is -2.10. The van der Waals surface area contributed by atoms with Crippen LogP contribution in [-0.4, -0.2) is 23.7 Å². The van der Waals surface area contributed by atoms with Gasteiger partial charge in [-0.1, -0.05) is 19.1 Å². The van der Waals surface area contributed by atoms with Crippen LogP contribution in [0.5, 0.6) is 0 Å². The summed E-state index contributed by atoms with van der Waals surface area (Å²) < 4.78 is 0. The Labute approximate surface area is 111 Å². The first-order valence-electron chi connectivity index (χ1n) is 5.76. The number of carboxylic acids is 1. The molecule has 0 heterocycles. The van der Waals surface area contributed by atoms with Crippen LogP contribution in [0.25, 0.3) is 0 Å². The van der Waals surface area contributed by atoms with Crippen molar-refractivity contribution in [1.82, 2.24) is 5.32 Å². The summed E-state index contributed by atoms with van der Waals surface area (Å²) in [7, 11) is 0. The second-order valence-electron chi connectivity index (χ2n) is 4.11. The minimum Gasteiger partial charge on any atom is -0.481 e. The number of hydrogen-bond acceptors (Lipinski definition) is 3. The highest BCUT2D eigenvalue weighted by Gasteiger charge is 2.11. The van der Waals surface area contributed by atoms with Gasteiger partial charge in [-0.15, -0.1) is 0 Å². The number of urea groups is 1. The molecule has 0 fully saturated rings. The predicted octanol–water partition coefficient (Wildman–Crippen LogP) is 1.59. The maximum absolute atomic E-state index is 11.5. The third kappa shape index (κ3) is 5.08. The lowest BCUT2D eigenvalue weighted by Crippen LogP contribution is -2.34. The van der Waals surface area contributed by atoms with E-state index >= 15 is 0 Å². The second-order valence-corrected chi connectivity index (χ2v) is 4.11. The van der Waals surface area contributed by atoms with E-state index < -0.39 is 17.9 Å². The van der Waals surface area contributed by atoms with E-state index in [2.05, 4.69) is 10.6 Å². The molecule has 6 heteroatoms. The monoisotopic (exact) mass is 261 g/mol. The Morgan fingerprint density at radius 1 is 1.37 bits per heavy atom. The van der Waals surface area contributed by atoms with Crippen LogP contribution >= 0.6 is 0 Å². The second kappa shape index (κ2) is 7.01. The van der Waals surface area contributed by atoms with Crippen molar-refractivity contribution < 1.29 is 14.7 Å². The Balaban J connectivity index is 2.44. The number of carboxylic acid groups (broad SMARTS) is 1. The van der Waals surface area contributed by atoms with Crippen LogP contribution in [-0.2, 0) is 11.2 Å². The number of nitrogens with one attached hydrogen (secondary N) is 2. The SMILES string of the molecule is CC(CNC(=O)Nc1ccc(CC#N)cc1)C(=O)O. The van der Waals surface area contributed by atoms with Gasteiger partial charge in [-0.25, -0.2) is 4.79 Å². The molecule has 1 atom stereocenters. The van der Waals surface area contributed by atoms with Gasteiger partial charge in [0.25, 0.3) is 0 Å². The van der Waals surface area contributed by atoms with E-state index in [1.807, 2.05) is 6.07 Å². The number of amides is 2. The minimum absolute atomic E-state index is 0.0632. The first kappa shape index (κ1) is 14.5. The normalized spacial score (nSPS) is 11.2. The van der Waals surface area contributed by atoms with Gasteiger partial charge in [0.15, 0.2) is 0 Å². The summed E-state index contributed by atoms with van der Waals surface area (Å²) in [6.07, 6.45) is 0.322. The van der Waals surface area contributed by atoms with E-state index in [4.69, 9.17) is 10.4 Å². The lowest BCUT2D eigenvalue weighted by atomic mass is 10.1. The summed E-state index contributed by atoms with van der Waals surface area (Å²) in [6, 6.07) is 8.45. The lowest BCUT2D eigenvalue weighted by molar-refractivity contribution is -0.140. The summed E-state index contributed by atoms with van der Waals surface area (Å²) >= 11 is 0. The van der Waals surface area contributed by atoms with Gasteiger partial charge >= 0.3 is 12.0 Å². The summed E-state index contributed by atoms with van der Waals surface area (Å²) in [5, 5.41) is 22.2. The molecule has 1 rings (SSSR count). The van der Waals surface area contributed by atoms with E-state index in [0.717, 1.165) is 5.56 Å². The number of carbonyl (C=O) groups excluding carboxylic acids is 1. The molecule has 0 aromatic heterocycles. The van der Waals surface area contributed by atoms with Gasteiger partial charge in [-0.3, -0.25) is 4.79 Å². The van der Waals surface area contributed by atoms with Gasteiger partial charge < -0.3 is 15.7 Å². The van der Waals surface area contributed by atoms with E-state index in [1.54, 1.807) is 24.3 Å². The summed E-state index contributed by atoms with van der Waals surface area (Å²) in [5.41, 5.74) is 1.45. The minimum atomic E-state index is -0.957. The first-order chi connectivity index (χ1) is 9.02. The topological polar surface area (TPSA) is 102 Å². The standard InChI is InChI=1S/C13H15N3O3/c1-9(12(17)18)8-15-13(19)16-11-4-2-10(3-5-11)6-7-14/h2-5,9H,6,8H2,1H3,(H,17,18)(H2,15,16,19). The number of nitrogens with zero attached hydrogens (tertiary/aromatic N) is 1. The van der Waals surface area contributed by atoms with E-state index in [1.165, 1.54) is 6.92 Å². The van der Waals surface area contributed by atoms with Crippen LogP contribution in [0.1, 0.15) is 12.5 Å². The van der Waals surface area contributed by atoms with Gasteiger partial charge in [-0.2, -0.15) is 5.26 Å². The molecule has 3 N–H and O–H groups in total. The maximum Gasteiger partial charge on any atom is 0.319 e. The highest BCUT2D eigenvalue weighted by molar-refractivity contribution is 5.89. The van der Waals surface area contributed by atoms with Crippen LogP contribution < -0.4 is 10.6 Å². The molecule has 100 valence electrons. The van der Waals surface area contributed by atoms with Crippen molar-refractivity contribution in [1.29, 1.82) is 5.26 Å².